The van der Waals surface area contributed by atoms with Crippen molar-refractivity contribution in [2.45, 2.75) is 13.5 Å². The molecule has 130 valence electrons. The summed E-state index contributed by atoms with van der Waals surface area (Å²) in [4.78, 5) is 12.4. The van der Waals surface area contributed by atoms with Gasteiger partial charge in [0.05, 0.1) is 16.7 Å². The summed E-state index contributed by atoms with van der Waals surface area (Å²) in [5.74, 6) is -0.472. The van der Waals surface area contributed by atoms with Crippen molar-refractivity contribution in [2.24, 2.45) is 7.05 Å². The van der Waals surface area contributed by atoms with Gasteiger partial charge in [-0.2, -0.15) is 10.2 Å². The molecule has 2 heterocycles. The highest BCUT2D eigenvalue weighted by Gasteiger charge is 2.20. The lowest BCUT2D eigenvalue weighted by Crippen LogP contribution is -2.14. The molecule has 0 aliphatic heterocycles. The van der Waals surface area contributed by atoms with Crippen molar-refractivity contribution in [1.82, 2.24) is 19.6 Å². The lowest BCUT2D eigenvalue weighted by atomic mass is 10.2. The number of rotatable bonds is 4. The Kier molecular flexibility index (Phi) is 4.91. The van der Waals surface area contributed by atoms with E-state index in [-0.39, 0.29) is 17.3 Å². The highest BCUT2D eigenvalue weighted by Crippen LogP contribution is 2.24. The van der Waals surface area contributed by atoms with Crippen molar-refractivity contribution in [2.75, 3.05) is 5.32 Å². The third-order valence-electron chi connectivity index (χ3n) is 3.68. The van der Waals surface area contributed by atoms with E-state index in [9.17, 15) is 9.18 Å². The average Bonchev–Trinajstić information content (AvgIpc) is 3.04. The van der Waals surface area contributed by atoms with Gasteiger partial charge in [0.25, 0.3) is 5.91 Å². The van der Waals surface area contributed by atoms with Gasteiger partial charge in [-0.1, -0.05) is 23.7 Å². The van der Waals surface area contributed by atoms with E-state index in [1.807, 2.05) is 6.92 Å². The lowest BCUT2D eigenvalue weighted by Gasteiger charge is -2.02. The van der Waals surface area contributed by atoms with Crippen LogP contribution in [-0.4, -0.2) is 25.5 Å². The Morgan fingerprint density at radius 2 is 2.00 bits per heavy atom. The number of anilines is 1. The third-order valence-corrected chi connectivity index (χ3v) is 4.91. The fourth-order valence-electron chi connectivity index (χ4n) is 2.23. The Bertz CT molecular complexity index is 935. The number of carbonyl (C=O) groups is 1. The summed E-state index contributed by atoms with van der Waals surface area (Å²) < 4.78 is 16.8. The van der Waals surface area contributed by atoms with Crippen LogP contribution in [0.25, 0.3) is 0 Å². The maximum Gasteiger partial charge on any atom is 0.278 e. The van der Waals surface area contributed by atoms with Gasteiger partial charge in [-0.15, -0.1) is 0 Å². The van der Waals surface area contributed by atoms with Crippen molar-refractivity contribution in [1.29, 1.82) is 0 Å². The molecule has 0 spiro atoms. The van der Waals surface area contributed by atoms with Crippen molar-refractivity contribution in [3.05, 3.63) is 62.7 Å². The summed E-state index contributed by atoms with van der Waals surface area (Å²) in [6.45, 7) is 2.25. The number of hydrogen-bond acceptors (Lipinski definition) is 3. The van der Waals surface area contributed by atoms with Crippen molar-refractivity contribution >= 4 is 39.3 Å². The smallest absolute Gasteiger partial charge is 0.278 e. The van der Waals surface area contributed by atoms with Crippen molar-refractivity contribution in [3.8, 4) is 0 Å². The lowest BCUT2D eigenvalue weighted by molar-refractivity contribution is 0.102. The molecule has 1 N–H and O–H groups in total. The summed E-state index contributed by atoms with van der Waals surface area (Å²) in [6.07, 6.45) is 1.60. The molecule has 0 atom stereocenters. The van der Waals surface area contributed by atoms with Crippen LogP contribution in [0.4, 0.5) is 10.2 Å². The molecule has 3 aromatic rings. The standard InChI is InChI=1S/C16H14BrClFN5O/c1-9-13(17)14(21-23(9)2)16(25)20-15-12(18)8-24(22-15)7-10-3-5-11(19)6-4-10/h3-6,8H,7H2,1-2H3,(H,20,22,25). The fraction of sp³-hybridized carbons (Fsp3) is 0.188. The van der Waals surface area contributed by atoms with E-state index >= 15 is 0 Å². The van der Waals surface area contributed by atoms with E-state index in [0.29, 0.717) is 16.0 Å². The second-order valence-corrected chi connectivity index (χ2v) is 6.68. The monoisotopic (exact) mass is 425 g/mol. The maximum absolute atomic E-state index is 13.0. The van der Waals surface area contributed by atoms with Gasteiger partial charge >= 0.3 is 0 Å². The van der Waals surface area contributed by atoms with Crippen LogP contribution in [0.3, 0.4) is 0 Å². The normalized spacial score (nSPS) is 10.9. The minimum absolute atomic E-state index is 0.240. The number of amides is 1. The Morgan fingerprint density at radius 1 is 1.32 bits per heavy atom. The first kappa shape index (κ1) is 17.6. The molecule has 0 aliphatic carbocycles. The predicted octanol–water partition coefficient (Wildman–Crippen LogP) is 3.78. The molecule has 6 nitrogen and oxygen atoms in total. The average molecular weight is 427 g/mol. The molecule has 0 saturated heterocycles. The zero-order valence-electron chi connectivity index (χ0n) is 13.4. The molecular weight excluding hydrogens is 413 g/mol. The van der Waals surface area contributed by atoms with E-state index in [1.54, 1.807) is 34.7 Å². The van der Waals surface area contributed by atoms with Crippen LogP contribution in [0.1, 0.15) is 21.7 Å². The third kappa shape index (κ3) is 3.74. The van der Waals surface area contributed by atoms with Crippen molar-refractivity contribution < 1.29 is 9.18 Å². The van der Waals surface area contributed by atoms with E-state index in [2.05, 4.69) is 31.4 Å². The predicted molar refractivity (Wildman–Crippen MR) is 96.3 cm³/mol. The molecule has 1 amide bonds. The summed E-state index contributed by atoms with van der Waals surface area (Å²) in [7, 11) is 1.75. The number of carbonyl (C=O) groups excluding carboxylic acids is 1. The van der Waals surface area contributed by atoms with Crippen molar-refractivity contribution in [3.63, 3.8) is 0 Å². The van der Waals surface area contributed by atoms with E-state index < -0.39 is 5.91 Å². The topological polar surface area (TPSA) is 64.7 Å². The van der Waals surface area contributed by atoms with Gasteiger partial charge in [-0.3, -0.25) is 14.2 Å². The molecule has 25 heavy (non-hydrogen) atoms. The van der Waals surface area contributed by atoms with Gasteiger partial charge in [-0.25, -0.2) is 4.39 Å². The number of hydrogen-bond donors (Lipinski definition) is 1. The van der Waals surface area contributed by atoms with Gasteiger partial charge in [0.15, 0.2) is 11.5 Å². The highest BCUT2D eigenvalue weighted by atomic mass is 79.9. The minimum atomic E-state index is -0.412. The van der Waals surface area contributed by atoms with Crippen LogP contribution in [-0.2, 0) is 13.6 Å². The first-order valence-corrected chi connectivity index (χ1v) is 8.50. The zero-order valence-corrected chi connectivity index (χ0v) is 15.8. The molecule has 9 heteroatoms. The first-order valence-electron chi connectivity index (χ1n) is 7.33. The minimum Gasteiger partial charge on any atom is -0.302 e. The van der Waals surface area contributed by atoms with Gasteiger partial charge < -0.3 is 5.32 Å². The Morgan fingerprint density at radius 3 is 2.60 bits per heavy atom. The quantitative estimate of drug-likeness (QED) is 0.690. The number of benzene rings is 1. The molecule has 0 bridgehead atoms. The number of aromatic nitrogens is 4. The van der Waals surface area contributed by atoms with Gasteiger partial charge in [0.2, 0.25) is 0 Å². The van der Waals surface area contributed by atoms with Crippen LogP contribution in [0.5, 0.6) is 0 Å². The number of nitrogens with one attached hydrogen (secondary N) is 1. The second-order valence-electron chi connectivity index (χ2n) is 5.48. The molecule has 0 aliphatic rings. The van der Waals surface area contributed by atoms with E-state index in [0.717, 1.165) is 11.3 Å². The molecule has 0 unspecified atom stereocenters. The summed E-state index contributed by atoms with van der Waals surface area (Å²) in [6, 6.07) is 6.09. The van der Waals surface area contributed by atoms with E-state index in [4.69, 9.17) is 11.6 Å². The Labute approximate surface area is 156 Å². The fourth-order valence-corrected chi connectivity index (χ4v) is 2.95. The molecule has 0 radical (unpaired) electrons. The SMILES string of the molecule is Cc1c(Br)c(C(=O)Nc2nn(Cc3ccc(F)cc3)cc2Cl)nn1C. The second kappa shape index (κ2) is 6.97. The first-order chi connectivity index (χ1) is 11.8. The molecule has 2 aromatic heterocycles. The molecule has 1 aromatic carbocycles. The number of aryl methyl sites for hydroxylation is 1. The Hall–Kier alpha value is -2.19. The number of nitrogens with zero attached hydrogens (tertiary/aromatic N) is 4. The van der Waals surface area contributed by atoms with Gasteiger partial charge in [0, 0.05) is 13.2 Å². The van der Waals surface area contributed by atoms with Crippen LogP contribution in [0, 0.1) is 12.7 Å². The van der Waals surface area contributed by atoms with Crippen LogP contribution >= 0.6 is 27.5 Å². The molecule has 0 fully saturated rings. The molecule has 0 saturated carbocycles. The summed E-state index contributed by atoms with van der Waals surface area (Å²) in [5, 5.41) is 11.4. The molecule has 3 rings (SSSR count). The highest BCUT2D eigenvalue weighted by molar-refractivity contribution is 9.10. The van der Waals surface area contributed by atoms with Crippen LogP contribution < -0.4 is 5.32 Å². The van der Waals surface area contributed by atoms with Gasteiger partial charge in [-0.05, 0) is 40.5 Å². The van der Waals surface area contributed by atoms with Crippen LogP contribution in [0.2, 0.25) is 5.02 Å². The summed E-state index contributed by atoms with van der Waals surface area (Å²) >= 11 is 9.50. The van der Waals surface area contributed by atoms with E-state index in [1.165, 1.54) is 12.1 Å². The van der Waals surface area contributed by atoms with Crippen LogP contribution in [0.15, 0.2) is 34.9 Å². The maximum atomic E-state index is 13.0. The largest absolute Gasteiger partial charge is 0.302 e. The van der Waals surface area contributed by atoms with Gasteiger partial charge in [0.1, 0.15) is 10.8 Å². The Balaban J connectivity index is 1.77. The summed E-state index contributed by atoms with van der Waals surface area (Å²) in [5.41, 5.74) is 1.95. The molecular formula is C16H14BrClFN5O. The zero-order chi connectivity index (χ0) is 18.1. The number of halogens is 3.